The van der Waals surface area contributed by atoms with Gasteiger partial charge in [-0.25, -0.2) is 0 Å². The lowest BCUT2D eigenvalue weighted by Gasteiger charge is -2.37. The molecule has 1 aromatic carbocycles. The molecule has 20 heavy (non-hydrogen) atoms. The fraction of sp³-hybridized carbons (Fsp3) is 0.500. The molecule has 0 aliphatic carbocycles. The zero-order valence-corrected chi connectivity index (χ0v) is 11.6. The number of oxime groups is 1. The summed E-state index contributed by atoms with van der Waals surface area (Å²) in [6, 6.07) is 7.91. The molecule has 0 saturated carbocycles. The van der Waals surface area contributed by atoms with Crippen LogP contribution in [0.5, 0.6) is 0 Å². The topological polar surface area (TPSA) is 91.3 Å². The third-order valence-corrected chi connectivity index (χ3v) is 3.58. The maximum absolute atomic E-state index is 9.18. The average Bonchev–Trinajstić information content (AvgIpc) is 2.49. The molecule has 4 N–H and O–H groups in total. The van der Waals surface area contributed by atoms with E-state index >= 15 is 0 Å². The first kappa shape index (κ1) is 14.8. The minimum atomic E-state index is -0.109. The fourth-order valence-electron chi connectivity index (χ4n) is 2.28. The van der Waals surface area contributed by atoms with E-state index < -0.39 is 0 Å². The Labute approximate surface area is 118 Å². The van der Waals surface area contributed by atoms with Gasteiger partial charge < -0.3 is 20.8 Å². The zero-order valence-electron chi connectivity index (χ0n) is 11.6. The van der Waals surface area contributed by atoms with Gasteiger partial charge in [-0.2, -0.15) is 0 Å². The van der Waals surface area contributed by atoms with Crippen LogP contribution in [0.15, 0.2) is 29.4 Å². The minimum Gasteiger partial charge on any atom is -0.409 e. The van der Waals surface area contributed by atoms with E-state index in [2.05, 4.69) is 17.0 Å². The highest BCUT2D eigenvalue weighted by Gasteiger charge is 2.25. The molecule has 110 valence electrons. The van der Waals surface area contributed by atoms with Gasteiger partial charge in [-0.3, -0.25) is 4.90 Å². The zero-order chi connectivity index (χ0) is 14.5. The lowest BCUT2D eigenvalue weighted by molar-refractivity contribution is -0.0805. The number of amidine groups is 1. The smallest absolute Gasteiger partial charge is 0.170 e. The minimum absolute atomic E-state index is 0.0473. The van der Waals surface area contributed by atoms with Crippen LogP contribution in [0.3, 0.4) is 0 Å². The molecule has 0 radical (unpaired) electrons. The van der Waals surface area contributed by atoms with E-state index in [1.165, 1.54) is 0 Å². The van der Waals surface area contributed by atoms with Crippen molar-refractivity contribution in [3.8, 4) is 0 Å². The summed E-state index contributed by atoms with van der Waals surface area (Å²) in [4.78, 5) is 2.28. The number of morpholine rings is 1. The van der Waals surface area contributed by atoms with Gasteiger partial charge in [0.1, 0.15) is 0 Å². The van der Waals surface area contributed by atoms with Crippen molar-refractivity contribution in [2.45, 2.75) is 25.6 Å². The quantitative estimate of drug-likeness (QED) is 0.320. The van der Waals surface area contributed by atoms with E-state index in [1.807, 2.05) is 24.3 Å². The van der Waals surface area contributed by atoms with Crippen LogP contribution in [0, 0.1) is 0 Å². The van der Waals surface area contributed by atoms with Crippen molar-refractivity contribution >= 4 is 5.84 Å². The van der Waals surface area contributed by atoms with Gasteiger partial charge in [0, 0.05) is 24.7 Å². The van der Waals surface area contributed by atoms with Gasteiger partial charge in [0.05, 0.1) is 19.3 Å². The molecule has 2 rings (SSSR count). The van der Waals surface area contributed by atoms with Gasteiger partial charge in [0.15, 0.2) is 5.84 Å². The normalized spacial score (nSPS) is 24.8. The van der Waals surface area contributed by atoms with Crippen LogP contribution >= 0.6 is 0 Å². The van der Waals surface area contributed by atoms with Crippen LogP contribution in [-0.4, -0.2) is 53.0 Å². The van der Waals surface area contributed by atoms with E-state index in [0.717, 1.165) is 18.7 Å². The summed E-state index contributed by atoms with van der Waals surface area (Å²) in [5.74, 6) is 0.108. The van der Waals surface area contributed by atoms with Crippen LogP contribution in [0.2, 0.25) is 0 Å². The van der Waals surface area contributed by atoms with E-state index in [1.54, 1.807) is 0 Å². The monoisotopic (exact) mass is 279 g/mol. The Hall–Kier alpha value is -1.63. The second-order valence-corrected chi connectivity index (χ2v) is 5.10. The summed E-state index contributed by atoms with van der Waals surface area (Å²) >= 11 is 0. The highest BCUT2D eigenvalue weighted by Crippen LogP contribution is 2.16. The largest absolute Gasteiger partial charge is 0.409 e. The van der Waals surface area contributed by atoms with Crippen molar-refractivity contribution in [3.63, 3.8) is 0 Å². The molecule has 0 spiro atoms. The van der Waals surface area contributed by atoms with Crippen molar-refractivity contribution < 1.29 is 15.1 Å². The summed E-state index contributed by atoms with van der Waals surface area (Å²) in [6.07, 6.45) is -0.109. The number of ether oxygens (including phenoxy) is 1. The molecule has 2 unspecified atom stereocenters. The first-order valence-electron chi connectivity index (χ1n) is 6.67. The molecule has 1 heterocycles. The van der Waals surface area contributed by atoms with Crippen LogP contribution in [0.4, 0.5) is 0 Å². The lowest BCUT2D eigenvalue weighted by atomic mass is 10.1. The van der Waals surface area contributed by atoms with Gasteiger partial charge in [-0.15, -0.1) is 0 Å². The maximum atomic E-state index is 9.18. The summed E-state index contributed by atoms with van der Waals surface area (Å²) in [5, 5.41) is 20.8. The van der Waals surface area contributed by atoms with E-state index in [-0.39, 0.29) is 18.5 Å². The Balaban J connectivity index is 2.01. The number of nitrogens with two attached hydrogens (primary N) is 1. The van der Waals surface area contributed by atoms with Crippen LogP contribution < -0.4 is 5.73 Å². The van der Waals surface area contributed by atoms with Gasteiger partial charge in [0.2, 0.25) is 0 Å². The van der Waals surface area contributed by atoms with Crippen molar-refractivity contribution in [3.05, 3.63) is 35.4 Å². The Morgan fingerprint density at radius 3 is 2.75 bits per heavy atom. The number of benzene rings is 1. The molecule has 1 aliphatic rings. The average molecular weight is 279 g/mol. The summed E-state index contributed by atoms with van der Waals surface area (Å²) < 4.78 is 5.52. The summed E-state index contributed by atoms with van der Waals surface area (Å²) in [5.41, 5.74) is 7.37. The van der Waals surface area contributed by atoms with E-state index in [4.69, 9.17) is 15.7 Å². The molecular weight excluding hydrogens is 258 g/mol. The maximum Gasteiger partial charge on any atom is 0.170 e. The molecule has 0 amide bonds. The molecular formula is C14H21N3O3. The predicted octanol–water partition coefficient (Wildman–Crippen LogP) is 0.363. The SMILES string of the molecule is CC1COC(CO)CN1Cc1ccc(/C(N)=N/O)cc1. The van der Waals surface area contributed by atoms with Crippen LogP contribution in [-0.2, 0) is 11.3 Å². The molecule has 0 bridgehead atoms. The third-order valence-electron chi connectivity index (χ3n) is 3.58. The van der Waals surface area contributed by atoms with Gasteiger partial charge >= 0.3 is 0 Å². The first-order chi connectivity index (χ1) is 9.63. The van der Waals surface area contributed by atoms with Crippen LogP contribution in [0.1, 0.15) is 18.1 Å². The Morgan fingerprint density at radius 1 is 1.45 bits per heavy atom. The highest BCUT2D eigenvalue weighted by molar-refractivity contribution is 5.96. The molecule has 1 fully saturated rings. The number of aliphatic hydroxyl groups is 1. The third kappa shape index (κ3) is 3.47. The Bertz CT molecular complexity index is 461. The molecule has 2 atom stereocenters. The second kappa shape index (κ2) is 6.69. The second-order valence-electron chi connectivity index (χ2n) is 5.10. The summed E-state index contributed by atoms with van der Waals surface area (Å²) in [6.45, 7) is 4.30. The number of nitrogens with zero attached hydrogens (tertiary/aromatic N) is 2. The fourth-order valence-corrected chi connectivity index (χ4v) is 2.28. The van der Waals surface area contributed by atoms with Crippen molar-refractivity contribution in [1.82, 2.24) is 4.90 Å². The number of aliphatic hydroxyl groups excluding tert-OH is 1. The standard InChI is InChI=1S/C14H21N3O3/c1-10-9-20-13(8-18)7-17(10)6-11-2-4-12(5-3-11)14(15)16-19/h2-5,10,13,18-19H,6-9H2,1H3,(H2,15,16). The molecule has 1 aromatic rings. The molecule has 1 saturated heterocycles. The van der Waals surface area contributed by atoms with Gasteiger partial charge in [-0.05, 0) is 12.5 Å². The van der Waals surface area contributed by atoms with Crippen molar-refractivity contribution in [2.75, 3.05) is 19.8 Å². The highest BCUT2D eigenvalue weighted by atomic mass is 16.5. The molecule has 0 aromatic heterocycles. The van der Waals surface area contributed by atoms with E-state index in [0.29, 0.717) is 18.2 Å². The van der Waals surface area contributed by atoms with E-state index in [9.17, 15) is 5.11 Å². The van der Waals surface area contributed by atoms with Crippen molar-refractivity contribution in [1.29, 1.82) is 0 Å². The molecule has 1 aliphatic heterocycles. The molecule has 6 nitrogen and oxygen atoms in total. The van der Waals surface area contributed by atoms with Gasteiger partial charge in [0.25, 0.3) is 0 Å². The first-order valence-corrected chi connectivity index (χ1v) is 6.67. The number of hydrogen-bond acceptors (Lipinski definition) is 5. The number of rotatable bonds is 4. The Morgan fingerprint density at radius 2 is 2.15 bits per heavy atom. The van der Waals surface area contributed by atoms with Gasteiger partial charge in [-0.1, -0.05) is 29.4 Å². The molecule has 6 heteroatoms. The summed E-state index contributed by atoms with van der Waals surface area (Å²) in [7, 11) is 0. The Kier molecular flexibility index (Phi) is 4.94. The van der Waals surface area contributed by atoms with Crippen LogP contribution in [0.25, 0.3) is 0 Å². The predicted molar refractivity (Wildman–Crippen MR) is 75.7 cm³/mol. The number of hydrogen-bond donors (Lipinski definition) is 3. The van der Waals surface area contributed by atoms with Crippen molar-refractivity contribution in [2.24, 2.45) is 10.9 Å². The lowest BCUT2D eigenvalue weighted by Crippen LogP contribution is -2.48.